The molecule has 0 amide bonds. The number of anilines is 2. The van der Waals surface area contributed by atoms with E-state index in [0.29, 0.717) is 30.3 Å². The van der Waals surface area contributed by atoms with E-state index >= 15 is 0 Å². The first-order valence-corrected chi connectivity index (χ1v) is 11.5. The van der Waals surface area contributed by atoms with Gasteiger partial charge in [0.15, 0.2) is 11.2 Å². The third-order valence-corrected chi connectivity index (χ3v) is 6.07. The Morgan fingerprint density at radius 3 is 2.53 bits per heavy atom. The minimum absolute atomic E-state index is 0.194. The number of aromatic nitrogens is 4. The van der Waals surface area contributed by atoms with Crippen LogP contribution in [0.3, 0.4) is 0 Å². The van der Waals surface area contributed by atoms with E-state index in [0.717, 1.165) is 30.0 Å². The predicted molar refractivity (Wildman–Crippen MR) is 134 cm³/mol. The molecule has 2 aromatic carbocycles. The summed E-state index contributed by atoms with van der Waals surface area (Å²) in [4.78, 5) is 33.3. The van der Waals surface area contributed by atoms with E-state index in [2.05, 4.69) is 4.90 Å². The monoisotopic (exact) mass is 457 g/mol. The van der Waals surface area contributed by atoms with Crippen molar-refractivity contribution in [2.75, 3.05) is 18.1 Å². The van der Waals surface area contributed by atoms with Gasteiger partial charge in [0.1, 0.15) is 5.75 Å². The number of imidazole rings is 1. The number of hydrogen-bond acceptors (Lipinski definition) is 5. The molecule has 8 nitrogen and oxygen atoms in total. The van der Waals surface area contributed by atoms with Crippen LogP contribution in [0.15, 0.2) is 70.3 Å². The number of benzene rings is 2. The first kappa shape index (κ1) is 21.8. The number of allylic oxidation sites excluding steroid dienone is 1. The van der Waals surface area contributed by atoms with Gasteiger partial charge in [-0.25, -0.2) is 4.79 Å². The smallest absolute Gasteiger partial charge is 0.332 e. The maximum Gasteiger partial charge on any atom is 0.332 e. The summed E-state index contributed by atoms with van der Waals surface area (Å²) >= 11 is 0. The van der Waals surface area contributed by atoms with E-state index in [1.54, 1.807) is 7.05 Å². The summed E-state index contributed by atoms with van der Waals surface area (Å²) < 4.78 is 10.2. The molecule has 0 aliphatic carbocycles. The van der Waals surface area contributed by atoms with Crippen LogP contribution in [0.4, 0.5) is 11.6 Å². The Kier molecular flexibility index (Phi) is 5.79. The van der Waals surface area contributed by atoms with Gasteiger partial charge in [0.2, 0.25) is 5.95 Å². The molecule has 5 rings (SSSR count). The van der Waals surface area contributed by atoms with Crippen molar-refractivity contribution in [3.8, 4) is 5.75 Å². The Labute approximate surface area is 197 Å². The molecule has 0 radical (unpaired) electrons. The summed E-state index contributed by atoms with van der Waals surface area (Å²) in [5.41, 5.74) is 2.16. The van der Waals surface area contributed by atoms with Crippen LogP contribution in [-0.4, -0.2) is 31.8 Å². The molecule has 8 heteroatoms. The van der Waals surface area contributed by atoms with E-state index in [-0.39, 0.29) is 17.8 Å². The number of ether oxygens (including phenoxy) is 1. The van der Waals surface area contributed by atoms with Crippen molar-refractivity contribution in [1.82, 2.24) is 18.7 Å². The highest BCUT2D eigenvalue weighted by atomic mass is 16.5. The quantitative estimate of drug-likeness (QED) is 0.443. The van der Waals surface area contributed by atoms with E-state index in [1.165, 1.54) is 9.13 Å². The zero-order chi connectivity index (χ0) is 23.7. The number of hydrogen-bond donors (Lipinski definition) is 0. The largest absolute Gasteiger partial charge is 0.494 e. The highest BCUT2D eigenvalue weighted by Crippen LogP contribution is 2.31. The molecule has 3 heterocycles. The van der Waals surface area contributed by atoms with E-state index < -0.39 is 0 Å². The lowest BCUT2D eigenvalue weighted by Gasteiger charge is -2.29. The molecular formula is C26H27N5O3. The highest BCUT2D eigenvalue weighted by molar-refractivity contribution is 5.77. The number of rotatable bonds is 6. The average molecular weight is 458 g/mol. The van der Waals surface area contributed by atoms with E-state index in [4.69, 9.17) is 9.72 Å². The van der Waals surface area contributed by atoms with Crippen molar-refractivity contribution in [3.63, 3.8) is 0 Å². The molecule has 0 atom stereocenters. The highest BCUT2D eigenvalue weighted by Gasteiger charge is 2.26. The van der Waals surface area contributed by atoms with Gasteiger partial charge < -0.3 is 14.2 Å². The van der Waals surface area contributed by atoms with Gasteiger partial charge in [-0.1, -0.05) is 42.5 Å². The molecule has 0 spiro atoms. The van der Waals surface area contributed by atoms with Crippen LogP contribution in [0, 0.1) is 0 Å². The molecule has 174 valence electrons. The molecule has 0 fully saturated rings. The van der Waals surface area contributed by atoms with Gasteiger partial charge in [-0.15, -0.1) is 0 Å². The minimum Gasteiger partial charge on any atom is -0.494 e. The zero-order valence-corrected chi connectivity index (χ0v) is 19.3. The fraction of sp³-hybridized carbons (Fsp3) is 0.269. The third kappa shape index (κ3) is 3.81. The lowest BCUT2D eigenvalue weighted by atomic mass is 10.2. The standard InChI is InChI=1S/C26H27N5O3/c1-3-34-21-14-12-20(13-15-21)29-17-8-18-30-22-23(27-25(29)30)28(2)26(33)31(24(22)32)16-7-11-19-9-5-4-6-10-19/h4-7,9-15H,3,8,16-18H2,1-2H3/b11-7+. The second kappa shape index (κ2) is 9.05. The molecule has 0 N–H and O–H groups in total. The summed E-state index contributed by atoms with van der Waals surface area (Å²) in [6, 6.07) is 17.6. The first-order chi connectivity index (χ1) is 16.6. The fourth-order valence-corrected chi connectivity index (χ4v) is 4.42. The van der Waals surface area contributed by atoms with Gasteiger partial charge in [0.25, 0.3) is 5.56 Å². The predicted octanol–water partition coefficient (Wildman–Crippen LogP) is 3.55. The van der Waals surface area contributed by atoms with Gasteiger partial charge in [-0.2, -0.15) is 4.98 Å². The van der Waals surface area contributed by atoms with Crippen LogP contribution >= 0.6 is 0 Å². The van der Waals surface area contributed by atoms with Crippen LogP contribution in [-0.2, 0) is 20.1 Å². The van der Waals surface area contributed by atoms with Gasteiger partial charge in [0, 0.05) is 32.4 Å². The second-order valence-electron chi connectivity index (χ2n) is 8.24. The molecule has 4 aromatic rings. The lowest BCUT2D eigenvalue weighted by molar-refractivity contribution is 0.340. The first-order valence-electron chi connectivity index (χ1n) is 11.5. The number of aryl methyl sites for hydroxylation is 2. The van der Waals surface area contributed by atoms with Crippen molar-refractivity contribution in [3.05, 3.63) is 87.1 Å². The Balaban J connectivity index is 1.56. The zero-order valence-electron chi connectivity index (χ0n) is 19.3. The number of fused-ring (bicyclic) bond motifs is 3. The molecular weight excluding hydrogens is 430 g/mol. The third-order valence-electron chi connectivity index (χ3n) is 6.07. The molecule has 0 saturated carbocycles. The molecule has 0 saturated heterocycles. The maximum absolute atomic E-state index is 13.5. The summed E-state index contributed by atoms with van der Waals surface area (Å²) in [6.07, 6.45) is 4.61. The lowest BCUT2D eigenvalue weighted by Crippen LogP contribution is -2.39. The second-order valence-corrected chi connectivity index (χ2v) is 8.24. The summed E-state index contributed by atoms with van der Waals surface area (Å²) in [7, 11) is 1.67. The normalized spacial score (nSPS) is 13.5. The number of nitrogens with zero attached hydrogens (tertiary/aromatic N) is 5. The SMILES string of the molecule is CCOc1ccc(N2CCCn3c2nc2c3c(=O)n(C/C=C/c3ccccc3)c(=O)n2C)cc1. The van der Waals surface area contributed by atoms with Crippen LogP contribution in [0.25, 0.3) is 17.2 Å². The Morgan fingerprint density at radius 2 is 1.79 bits per heavy atom. The molecule has 1 aliphatic rings. The van der Waals surface area contributed by atoms with Crippen molar-refractivity contribution < 1.29 is 4.74 Å². The van der Waals surface area contributed by atoms with Gasteiger partial charge in [-0.05, 0) is 43.2 Å². The van der Waals surface area contributed by atoms with Crippen LogP contribution in [0.5, 0.6) is 5.75 Å². The van der Waals surface area contributed by atoms with Crippen molar-refractivity contribution >= 4 is 28.9 Å². The molecule has 0 unspecified atom stereocenters. The van der Waals surface area contributed by atoms with Crippen molar-refractivity contribution in [2.24, 2.45) is 7.05 Å². The van der Waals surface area contributed by atoms with Crippen LogP contribution in [0.1, 0.15) is 18.9 Å². The minimum atomic E-state index is -0.377. The Morgan fingerprint density at radius 1 is 1.03 bits per heavy atom. The van der Waals surface area contributed by atoms with Crippen molar-refractivity contribution in [2.45, 2.75) is 26.4 Å². The van der Waals surface area contributed by atoms with Gasteiger partial charge in [-0.3, -0.25) is 13.9 Å². The molecule has 2 aromatic heterocycles. The Bertz CT molecular complexity index is 1460. The Hall–Kier alpha value is -4.07. The fourth-order valence-electron chi connectivity index (χ4n) is 4.42. The molecule has 1 aliphatic heterocycles. The summed E-state index contributed by atoms with van der Waals surface area (Å²) in [5.74, 6) is 1.49. The summed E-state index contributed by atoms with van der Waals surface area (Å²) in [5, 5.41) is 0. The van der Waals surface area contributed by atoms with Gasteiger partial charge in [0.05, 0.1) is 6.61 Å². The summed E-state index contributed by atoms with van der Waals surface area (Å²) in [6.45, 7) is 4.21. The topological polar surface area (TPSA) is 74.3 Å². The van der Waals surface area contributed by atoms with Crippen LogP contribution < -0.4 is 20.9 Å². The average Bonchev–Trinajstić information content (AvgIpc) is 3.26. The van der Waals surface area contributed by atoms with E-state index in [9.17, 15) is 9.59 Å². The maximum atomic E-state index is 13.5. The van der Waals surface area contributed by atoms with Crippen molar-refractivity contribution in [1.29, 1.82) is 0 Å². The van der Waals surface area contributed by atoms with E-state index in [1.807, 2.05) is 78.2 Å². The molecule has 34 heavy (non-hydrogen) atoms. The molecule has 0 bridgehead atoms. The van der Waals surface area contributed by atoms with Gasteiger partial charge >= 0.3 is 5.69 Å². The van der Waals surface area contributed by atoms with Crippen LogP contribution in [0.2, 0.25) is 0 Å².